The number of aromatic nitrogens is 2. The molecule has 0 radical (unpaired) electrons. The van der Waals surface area contributed by atoms with Crippen LogP contribution in [-0.2, 0) is 10.0 Å². The van der Waals surface area contributed by atoms with Gasteiger partial charge < -0.3 is 9.26 Å². The van der Waals surface area contributed by atoms with Gasteiger partial charge in [-0.2, -0.15) is 9.29 Å². The molecule has 0 unspecified atom stereocenters. The maximum Gasteiger partial charge on any atom is 0.243 e. The average Bonchev–Trinajstić information content (AvgIpc) is 2.95. The van der Waals surface area contributed by atoms with E-state index >= 15 is 0 Å². The molecule has 124 valence electrons. The summed E-state index contributed by atoms with van der Waals surface area (Å²) in [6.45, 7) is 4.66. The predicted octanol–water partition coefficient (Wildman–Crippen LogP) is 1.99. The first-order valence-electron chi connectivity index (χ1n) is 7.39. The number of benzene rings is 1. The molecular weight excluding hydrogens is 318 g/mol. The van der Waals surface area contributed by atoms with Gasteiger partial charge in [-0.05, 0) is 12.1 Å². The van der Waals surface area contributed by atoms with Crippen LogP contribution < -0.4 is 4.74 Å². The highest BCUT2D eigenvalue weighted by Crippen LogP contribution is 2.32. The summed E-state index contributed by atoms with van der Waals surface area (Å²) >= 11 is 0. The van der Waals surface area contributed by atoms with Crippen molar-refractivity contribution in [2.75, 3.05) is 20.2 Å². The second-order valence-electron chi connectivity index (χ2n) is 5.84. The Morgan fingerprint density at radius 3 is 2.70 bits per heavy atom. The first kappa shape index (κ1) is 15.9. The first-order chi connectivity index (χ1) is 10.9. The molecule has 0 amide bonds. The lowest BCUT2D eigenvalue weighted by atomic mass is 10.0. The van der Waals surface area contributed by atoms with Crippen molar-refractivity contribution >= 4 is 10.0 Å². The van der Waals surface area contributed by atoms with Gasteiger partial charge in [-0.25, -0.2) is 8.42 Å². The molecule has 3 rings (SSSR count). The minimum absolute atomic E-state index is 0.0459. The fourth-order valence-corrected chi connectivity index (χ4v) is 3.92. The number of hydrogen-bond donors (Lipinski definition) is 0. The Bertz CT molecular complexity index is 795. The molecule has 0 atom stereocenters. The highest BCUT2D eigenvalue weighted by Gasteiger charge is 2.40. The van der Waals surface area contributed by atoms with Crippen molar-refractivity contribution in [1.29, 1.82) is 0 Å². The van der Waals surface area contributed by atoms with Gasteiger partial charge in [0.05, 0.1) is 17.9 Å². The fraction of sp³-hybridized carbons (Fsp3) is 0.467. The van der Waals surface area contributed by atoms with Crippen molar-refractivity contribution in [3.63, 3.8) is 0 Å². The second-order valence-corrected chi connectivity index (χ2v) is 7.78. The van der Waals surface area contributed by atoms with Crippen LogP contribution >= 0.6 is 0 Å². The maximum absolute atomic E-state index is 12.6. The van der Waals surface area contributed by atoms with E-state index < -0.39 is 10.0 Å². The Balaban J connectivity index is 1.72. The van der Waals surface area contributed by atoms with Crippen molar-refractivity contribution in [2.45, 2.75) is 30.6 Å². The van der Waals surface area contributed by atoms with Gasteiger partial charge in [0.15, 0.2) is 5.82 Å². The van der Waals surface area contributed by atoms with E-state index in [0.29, 0.717) is 30.6 Å². The lowest BCUT2D eigenvalue weighted by molar-refractivity contribution is 0.216. The Labute approximate surface area is 135 Å². The van der Waals surface area contributed by atoms with Crippen LogP contribution in [-0.4, -0.2) is 43.1 Å². The molecular formula is C15H19N3O4S. The summed E-state index contributed by atoms with van der Waals surface area (Å²) in [7, 11) is -2.01. The number of ether oxygens (including phenoxy) is 1. The number of hydrogen-bond acceptors (Lipinski definition) is 6. The highest BCUT2D eigenvalue weighted by atomic mass is 32.2. The van der Waals surface area contributed by atoms with Crippen molar-refractivity contribution in [2.24, 2.45) is 0 Å². The van der Waals surface area contributed by atoms with Crippen LogP contribution in [0.25, 0.3) is 0 Å². The van der Waals surface area contributed by atoms with Gasteiger partial charge in [0.1, 0.15) is 5.75 Å². The molecule has 1 aliphatic heterocycles. The molecule has 0 bridgehead atoms. The summed E-state index contributed by atoms with van der Waals surface area (Å²) in [4.78, 5) is 4.55. The SMILES string of the molecule is COc1cccc(S(=O)(=O)N2CC(c3nc(C(C)C)no3)C2)c1. The van der Waals surface area contributed by atoms with E-state index in [1.54, 1.807) is 18.2 Å². The maximum atomic E-state index is 12.6. The van der Waals surface area contributed by atoms with Crippen LogP contribution in [0, 0.1) is 0 Å². The quantitative estimate of drug-likeness (QED) is 0.829. The Morgan fingerprint density at radius 1 is 1.35 bits per heavy atom. The summed E-state index contributed by atoms with van der Waals surface area (Å²) in [5.41, 5.74) is 0. The van der Waals surface area contributed by atoms with Gasteiger partial charge in [-0.3, -0.25) is 0 Å². The minimum atomic E-state index is -3.52. The van der Waals surface area contributed by atoms with Crippen LogP contribution in [0.5, 0.6) is 5.75 Å². The molecule has 2 aromatic rings. The number of sulfonamides is 1. The Hall–Kier alpha value is -1.93. The van der Waals surface area contributed by atoms with E-state index in [-0.39, 0.29) is 16.7 Å². The summed E-state index contributed by atoms with van der Waals surface area (Å²) < 4.78 is 36.9. The topological polar surface area (TPSA) is 85.5 Å². The third kappa shape index (κ3) is 2.96. The van der Waals surface area contributed by atoms with Crippen LogP contribution in [0.2, 0.25) is 0 Å². The number of methoxy groups -OCH3 is 1. The lowest BCUT2D eigenvalue weighted by Crippen LogP contribution is -2.48. The lowest BCUT2D eigenvalue weighted by Gasteiger charge is -2.35. The van der Waals surface area contributed by atoms with Crippen molar-refractivity contribution < 1.29 is 17.7 Å². The molecule has 0 spiro atoms. The molecule has 8 heteroatoms. The molecule has 0 saturated carbocycles. The zero-order valence-corrected chi connectivity index (χ0v) is 14.1. The fourth-order valence-electron chi connectivity index (χ4n) is 2.35. The van der Waals surface area contributed by atoms with Gasteiger partial charge in [0.2, 0.25) is 15.9 Å². The average molecular weight is 337 g/mol. The summed E-state index contributed by atoms with van der Waals surface area (Å²) in [6.07, 6.45) is 0. The molecule has 1 fully saturated rings. The van der Waals surface area contributed by atoms with Crippen molar-refractivity contribution in [1.82, 2.24) is 14.4 Å². The zero-order valence-electron chi connectivity index (χ0n) is 13.3. The number of rotatable bonds is 5. The van der Waals surface area contributed by atoms with E-state index in [2.05, 4.69) is 10.1 Å². The Kier molecular flexibility index (Phi) is 4.11. The molecule has 7 nitrogen and oxygen atoms in total. The van der Waals surface area contributed by atoms with Crippen molar-refractivity contribution in [3.05, 3.63) is 36.0 Å². The van der Waals surface area contributed by atoms with Crippen LogP contribution in [0.1, 0.15) is 37.4 Å². The monoisotopic (exact) mass is 337 g/mol. The third-order valence-electron chi connectivity index (χ3n) is 3.85. The van der Waals surface area contributed by atoms with Gasteiger partial charge in [-0.1, -0.05) is 25.1 Å². The van der Waals surface area contributed by atoms with Crippen molar-refractivity contribution in [3.8, 4) is 5.75 Å². The van der Waals surface area contributed by atoms with E-state index in [4.69, 9.17) is 9.26 Å². The van der Waals surface area contributed by atoms with E-state index in [1.807, 2.05) is 13.8 Å². The molecule has 1 aromatic heterocycles. The standard InChI is InChI=1S/C15H19N3O4S/c1-10(2)14-16-15(22-17-14)11-8-18(9-11)23(19,20)13-6-4-5-12(7-13)21-3/h4-7,10-11H,8-9H2,1-3H3. The second kappa shape index (κ2) is 5.93. The van der Waals surface area contributed by atoms with Crippen LogP contribution in [0.4, 0.5) is 0 Å². The molecule has 23 heavy (non-hydrogen) atoms. The van der Waals surface area contributed by atoms with E-state index in [0.717, 1.165) is 0 Å². The van der Waals surface area contributed by atoms with Gasteiger partial charge in [0.25, 0.3) is 0 Å². The van der Waals surface area contributed by atoms with E-state index in [9.17, 15) is 8.42 Å². The van der Waals surface area contributed by atoms with Gasteiger partial charge >= 0.3 is 0 Å². The molecule has 0 aliphatic carbocycles. The molecule has 2 heterocycles. The molecule has 1 saturated heterocycles. The van der Waals surface area contributed by atoms with Gasteiger partial charge in [0, 0.05) is 25.1 Å². The molecule has 1 aromatic carbocycles. The molecule has 0 N–H and O–H groups in total. The largest absolute Gasteiger partial charge is 0.497 e. The zero-order chi connectivity index (χ0) is 16.6. The summed E-state index contributed by atoms with van der Waals surface area (Å²) in [6, 6.07) is 6.46. The molecule has 1 aliphatic rings. The highest BCUT2D eigenvalue weighted by molar-refractivity contribution is 7.89. The predicted molar refractivity (Wildman–Crippen MR) is 82.9 cm³/mol. The first-order valence-corrected chi connectivity index (χ1v) is 8.83. The van der Waals surface area contributed by atoms with Gasteiger partial charge in [-0.15, -0.1) is 0 Å². The smallest absolute Gasteiger partial charge is 0.243 e. The van der Waals surface area contributed by atoms with E-state index in [1.165, 1.54) is 17.5 Å². The number of nitrogens with zero attached hydrogens (tertiary/aromatic N) is 3. The third-order valence-corrected chi connectivity index (χ3v) is 5.68. The van der Waals surface area contributed by atoms with Crippen LogP contribution in [0.15, 0.2) is 33.7 Å². The Morgan fingerprint density at radius 2 is 2.09 bits per heavy atom. The summed E-state index contributed by atoms with van der Waals surface area (Å²) in [5, 5.41) is 3.92. The summed E-state index contributed by atoms with van der Waals surface area (Å²) in [5.74, 6) is 1.81. The minimum Gasteiger partial charge on any atom is -0.497 e. The normalized spacial score (nSPS) is 16.5. The van der Waals surface area contributed by atoms with Crippen LogP contribution in [0.3, 0.4) is 0 Å².